The van der Waals surface area contributed by atoms with Gasteiger partial charge in [-0.25, -0.2) is 4.98 Å². The number of nitro groups is 1. The number of amides is 1. The smallest absolute Gasteiger partial charge is 0.269 e. The third-order valence-electron chi connectivity index (χ3n) is 8.53. The van der Waals surface area contributed by atoms with Crippen LogP contribution in [0.3, 0.4) is 0 Å². The maximum atomic E-state index is 13.6. The minimum Gasteiger partial charge on any atom is -0.351 e. The number of non-ortho nitro benzene ring substituents is 1. The molecule has 11 heteroatoms. The molecular formula is C37H37N7O3S. The van der Waals surface area contributed by atoms with Crippen molar-refractivity contribution in [3.63, 3.8) is 0 Å². The van der Waals surface area contributed by atoms with E-state index >= 15 is 0 Å². The highest BCUT2D eigenvalue weighted by Gasteiger charge is 2.24. The Balaban J connectivity index is 1.35. The summed E-state index contributed by atoms with van der Waals surface area (Å²) in [5.41, 5.74) is 4.09. The molecule has 2 atom stereocenters. The summed E-state index contributed by atoms with van der Waals surface area (Å²) in [7, 11) is 0. The number of nitrogens with zero attached hydrogens (tertiary/aromatic N) is 5. The van der Waals surface area contributed by atoms with E-state index in [1.807, 2.05) is 39.8 Å². The molecule has 1 amide bonds. The van der Waals surface area contributed by atoms with Crippen LogP contribution in [0.4, 0.5) is 11.4 Å². The Labute approximate surface area is 285 Å². The molecule has 0 saturated carbocycles. The fraction of sp³-hybridized carbons (Fsp3) is 0.243. The average molecular weight is 660 g/mol. The first kappa shape index (κ1) is 33.8. The Bertz CT molecular complexity index is 1930. The maximum absolute atomic E-state index is 13.6. The van der Waals surface area contributed by atoms with E-state index in [0.29, 0.717) is 36.0 Å². The van der Waals surface area contributed by atoms with Crippen molar-refractivity contribution in [2.24, 2.45) is 5.92 Å². The zero-order valence-corrected chi connectivity index (χ0v) is 27.7. The molecule has 0 fully saturated rings. The van der Waals surface area contributed by atoms with Crippen LogP contribution in [-0.4, -0.2) is 43.0 Å². The molecule has 0 aliphatic heterocycles. The first-order valence-corrected chi connectivity index (χ1v) is 16.2. The predicted octanol–water partition coefficient (Wildman–Crippen LogP) is 6.84. The van der Waals surface area contributed by atoms with Gasteiger partial charge in [0.15, 0.2) is 5.11 Å². The van der Waals surface area contributed by atoms with Gasteiger partial charge in [0, 0.05) is 55.4 Å². The molecule has 0 aliphatic rings. The van der Waals surface area contributed by atoms with Crippen molar-refractivity contribution in [2.45, 2.75) is 45.8 Å². The summed E-state index contributed by atoms with van der Waals surface area (Å²) in [6, 6.07) is 29.8. The fourth-order valence-corrected chi connectivity index (χ4v) is 5.81. The van der Waals surface area contributed by atoms with Crippen molar-refractivity contribution >= 4 is 45.4 Å². The molecule has 1 heterocycles. The second-order valence-corrected chi connectivity index (χ2v) is 12.2. The van der Waals surface area contributed by atoms with E-state index in [9.17, 15) is 14.9 Å². The molecule has 5 rings (SSSR count). The van der Waals surface area contributed by atoms with Crippen LogP contribution < -0.4 is 10.6 Å². The lowest BCUT2D eigenvalue weighted by molar-refractivity contribution is -0.384. The van der Waals surface area contributed by atoms with Gasteiger partial charge in [-0.2, -0.15) is 5.26 Å². The van der Waals surface area contributed by atoms with Crippen LogP contribution in [0.2, 0.25) is 0 Å². The molecule has 5 aromatic rings. The zero-order chi connectivity index (χ0) is 34.0. The van der Waals surface area contributed by atoms with Crippen LogP contribution in [0, 0.1) is 27.4 Å². The average Bonchev–Trinajstić information content (AvgIpc) is 3.53. The minimum atomic E-state index is -0.436. The van der Waals surface area contributed by atoms with Gasteiger partial charge in [-0.3, -0.25) is 14.9 Å². The summed E-state index contributed by atoms with van der Waals surface area (Å²) in [6.45, 7) is 5.67. The van der Waals surface area contributed by atoms with Crippen LogP contribution in [0.25, 0.3) is 10.8 Å². The molecular weight excluding hydrogens is 623 g/mol. The number of nitriles is 1. The van der Waals surface area contributed by atoms with Gasteiger partial charge in [0.25, 0.3) is 5.69 Å². The van der Waals surface area contributed by atoms with Gasteiger partial charge in [0.2, 0.25) is 5.91 Å². The van der Waals surface area contributed by atoms with Crippen LogP contribution in [0.5, 0.6) is 0 Å². The largest absolute Gasteiger partial charge is 0.351 e. The van der Waals surface area contributed by atoms with Crippen LogP contribution >= 0.6 is 12.2 Å². The van der Waals surface area contributed by atoms with E-state index in [2.05, 4.69) is 59.8 Å². The van der Waals surface area contributed by atoms with E-state index in [0.717, 1.165) is 34.0 Å². The Morgan fingerprint density at radius 3 is 2.50 bits per heavy atom. The summed E-state index contributed by atoms with van der Waals surface area (Å²) in [5, 5.41) is 29.5. The molecule has 0 unspecified atom stereocenters. The topological polar surface area (TPSA) is 129 Å². The number of imidazole rings is 1. The number of nitrogens with one attached hydrogen (secondary N) is 2. The second kappa shape index (κ2) is 15.8. The van der Waals surface area contributed by atoms with Crippen molar-refractivity contribution in [3.8, 4) is 6.07 Å². The van der Waals surface area contributed by atoms with E-state index in [1.54, 1.807) is 36.8 Å². The third-order valence-corrected chi connectivity index (χ3v) is 8.89. The normalized spacial score (nSPS) is 12.1. The number of nitro benzene ring substituents is 1. The molecule has 0 spiro atoms. The van der Waals surface area contributed by atoms with Gasteiger partial charge in [0.1, 0.15) is 0 Å². The number of rotatable bonds is 13. The maximum Gasteiger partial charge on any atom is 0.269 e. The zero-order valence-electron chi connectivity index (χ0n) is 26.9. The summed E-state index contributed by atoms with van der Waals surface area (Å²) in [6.07, 6.45) is 4.41. The van der Waals surface area contributed by atoms with Crippen molar-refractivity contribution < 1.29 is 9.72 Å². The first-order chi connectivity index (χ1) is 23.2. The number of aromatic nitrogens is 2. The standard InChI is InChI=1S/C37H37N7O3S/c1-3-26(2)35(41-36(45)19-33-21-39-25-43(33)22-28-13-11-27(20-38)12-14-28)24-42(23-30-9-6-8-29-7-4-5-10-34(29)30)37(48)40-31-15-17-32(18-16-31)44(46)47/h4-18,21,25-26,35H,3,19,22-24H2,1-2H3,(H,40,48)(H,41,45)/t26-,35+/m0/s1. The number of carbonyl (C=O) groups excluding carboxylic acids is 1. The summed E-state index contributed by atoms with van der Waals surface area (Å²) >= 11 is 5.95. The monoisotopic (exact) mass is 659 g/mol. The highest BCUT2D eigenvalue weighted by molar-refractivity contribution is 7.80. The Morgan fingerprint density at radius 1 is 1.06 bits per heavy atom. The van der Waals surface area contributed by atoms with E-state index in [-0.39, 0.29) is 30.0 Å². The Hall–Kier alpha value is -5.60. The second-order valence-electron chi connectivity index (χ2n) is 11.8. The van der Waals surface area contributed by atoms with Gasteiger partial charge in [0.05, 0.1) is 29.3 Å². The molecule has 10 nitrogen and oxygen atoms in total. The number of anilines is 1. The van der Waals surface area contributed by atoms with Crippen molar-refractivity contribution in [1.82, 2.24) is 19.8 Å². The summed E-state index contributed by atoms with van der Waals surface area (Å²) < 4.78 is 1.94. The third kappa shape index (κ3) is 8.60. The van der Waals surface area contributed by atoms with Gasteiger partial charge >= 0.3 is 0 Å². The number of benzene rings is 4. The van der Waals surface area contributed by atoms with Crippen LogP contribution in [0.15, 0.2) is 104 Å². The number of hydrogen-bond donors (Lipinski definition) is 2. The fourth-order valence-electron chi connectivity index (χ4n) is 5.56. The first-order valence-electron chi connectivity index (χ1n) is 15.8. The van der Waals surface area contributed by atoms with Gasteiger partial charge in [-0.1, -0.05) is 74.9 Å². The number of hydrogen-bond acceptors (Lipinski definition) is 6. The van der Waals surface area contributed by atoms with Crippen molar-refractivity contribution in [2.75, 3.05) is 11.9 Å². The quantitative estimate of drug-likeness (QED) is 0.0799. The Morgan fingerprint density at radius 2 is 1.79 bits per heavy atom. The molecule has 1 aromatic heterocycles. The molecule has 0 saturated heterocycles. The SMILES string of the molecule is CC[C@H](C)[C@@H](CN(Cc1cccc2ccccc12)C(=S)Nc1ccc([N+](=O)[O-])cc1)NC(=O)Cc1cncn1Cc1ccc(C#N)cc1. The molecule has 0 radical (unpaired) electrons. The lowest BCUT2D eigenvalue weighted by Gasteiger charge is -2.33. The molecule has 48 heavy (non-hydrogen) atoms. The molecule has 0 bridgehead atoms. The van der Waals surface area contributed by atoms with E-state index < -0.39 is 4.92 Å². The molecule has 0 aliphatic carbocycles. The molecule has 2 N–H and O–H groups in total. The van der Waals surface area contributed by atoms with Crippen LogP contribution in [-0.2, 0) is 24.3 Å². The van der Waals surface area contributed by atoms with Crippen molar-refractivity contribution in [1.29, 1.82) is 5.26 Å². The Kier molecular flexibility index (Phi) is 11.1. The number of thiocarbonyl (C=S) groups is 1. The summed E-state index contributed by atoms with van der Waals surface area (Å²) in [4.78, 5) is 30.7. The number of fused-ring (bicyclic) bond motifs is 1. The van der Waals surface area contributed by atoms with Crippen LogP contribution in [0.1, 0.15) is 42.7 Å². The van der Waals surface area contributed by atoms with Gasteiger partial charge in [-0.15, -0.1) is 0 Å². The highest BCUT2D eigenvalue weighted by atomic mass is 32.1. The molecule has 4 aromatic carbocycles. The van der Waals surface area contributed by atoms with E-state index in [1.165, 1.54) is 12.1 Å². The summed E-state index contributed by atoms with van der Waals surface area (Å²) in [5.74, 6) is 0.0101. The highest BCUT2D eigenvalue weighted by Crippen LogP contribution is 2.23. The van der Waals surface area contributed by atoms with Gasteiger partial charge < -0.3 is 20.1 Å². The molecule has 244 valence electrons. The number of carbonyl (C=O) groups is 1. The minimum absolute atomic E-state index is 0.00290. The van der Waals surface area contributed by atoms with Gasteiger partial charge in [-0.05, 0) is 64.3 Å². The van der Waals surface area contributed by atoms with Crippen molar-refractivity contribution in [3.05, 3.63) is 136 Å². The predicted molar refractivity (Wildman–Crippen MR) is 191 cm³/mol. The lowest BCUT2D eigenvalue weighted by Crippen LogP contribution is -2.50. The van der Waals surface area contributed by atoms with E-state index in [4.69, 9.17) is 17.5 Å². The lowest BCUT2D eigenvalue weighted by atomic mass is 9.97.